The summed E-state index contributed by atoms with van der Waals surface area (Å²) in [6.07, 6.45) is 2.29. The first-order valence-corrected chi connectivity index (χ1v) is 17.2. The molecule has 0 aliphatic carbocycles. The van der Waals surface area contributed by atoms with Crippen LogP contribution in [0.1, 0.15) is 19.8 Å². The van der Waals surface area contributed by atoms with Gasteiger partial charge in [0.15, 0.2) is 0 Å². The van der Waals surface area contributed by atoms with Crippen molar-refractivity contribution in [2.45, 2.75) is 19.8 Å². The lowest BCUT2D eigenvalue weighted by atomic mass is 10.3. The van der Waals surface area contributed by atoms with Crippen LogP contribution in [0.25, 0.3) is 0 Å². The van der Waals surface area contributed by atoms with E-state index in [4.69, 9.17) is 67.1 Å². The van der Waals surface area contributed by atoms with Gasteiger partial charge in [-0.2, -0.15) is 0 Å². The summed E-state index contributed by atoms with van der Waals surface area (Å²) < 4.78 is 65.4. The van der Waals surface area contributed by atoms with Gasteiger partial charge in [-0.05, 0) is 13.0 Å². The number of hydrogen-bond donors (Lipinski definition) is 2. The lowest BCUT2D eigenvalue weighted by molar-refractivity contribution is -0.0206. The Bertz CT molecular complexity index is 514. The van der Waals surface area contributed by atoms with Crippen LogP contribution in [-0.4, -0.2) is 207 Å². The number of nitrogens with zero attached hydrogens (tertiary/aromatic N) is 1. The summed E-state index contributed by atoms with van der Waals surface area (Å²) >= 11 is 0. The fraction of sp³-hybridized carbons (Fsp3) is 1.00. The van der Waals surface area contributed by atoms with E-state index in [1.54, 1.807) is 0 Å². The molecule has 0 saturated carbocycles. The summed E-state index contributed by atoms with van der Waals surface area (Å²) in [5.41, 5.74) is 0. The molecule has 0 rings (SSSR count). The lowest BCUT2D eigenvalue weighted by Crippen LogP contribution is -2.32. The molecule has 0 amide bonds. The monoisotopic (exact) mass is 689 g/mol. The van der Waals surface area contributed by atoms with E-state index in [1.807, 2.05) is 0 Å². The molecule has 0 aromatic rings. The van der Waals surface area contributed by atoms with Crippen LogP contribution in [0.4, 0.5) is 0 Å². The maximum atomic E-state index is 8.60. The van der Waals surface area contributed by atoms with Gasteiger partial charge in [0.05, 0.1) is 172 Å². The molecule has 15 nitrogen and oxygen atoms in total. The van der Waals surface area contributed by atoms with Crippen molar-refractivity contribution < 1.29 is 67.1 Å². The third-order valence-corrected chi connectivity index (χ3v) is 6.12. The Labute approximate surface area is 283 Å². The van der Waals surface area contributed by atoms with E-state index >= 15 is 0 Å². The van der Waals surface area contributed by atoms with E-state index in [-0.39, 0.29) is 13.2 Å². The molecule has 0 unspecified atom stereocenters. The van der Waals surface area contributed by atoms with Gasteiger partial charge in [-0.3, -0.25) is 4.90 Å². The molecular formula is C32H67NO14. The van der Waals surface area contributed by atoms with E-state index in [0.29, 0.717) is 159 Å². The van der Waals surface area contributed by atoms with Crippen LogP contribution in [0.15, 0.2) is 0 Å². The quantitative estimate of drug-likeness (QED) is 0.0842. The maximum absolute atomic E-state index is 8.60. The van der Waals surface area contributed by atoms with E-state index in [2.05, 4.69) is 11.8 Å². The largest absolute Gasteiger partial charge is 0.394 e. The second kappa shape index (κ2) is 43.4. The third kappa shape index (κ3) is 41.5. The molecule has 0 bridgehead atoms. The Morgan fingerprint density at radius 2 is 0.511 bits per heavy atom. The highest BCUT2D eigenvalue weighted by atomic mass is 16.6. The topological polar surface area (TPSA) is 154 Å². The Balaban J connectivity index is 3.41. The second-order valence-corrected chi connectivity index (χ2v) is 9.99. The molecule has 2 N–H and O–H groups in total. The Morgan fingerprint density at radius 3 is 0.723 bits per heavy atom. The van der Waals surface area contributed by atoms with E-state index in [9.17, 15) is 0 Å². The minimum atomic E-state index is 0.0260. The Kier molecular flexibility index (Phi) is 42.9. The zero-order chi connectivity index (χ0) is 34.0. The number of unbranched alkanes of at least 4 members (excludes halogenated alkanes) is 1. The van der Waals surface area contributed by atoms with Crippen molar-refractivity contribution in [1.82, 2.24) is 4.90 Å². The van der Waals surface area contributed by atoms with Gasteiger partial charge in [-0.25, -0.2) is 0 Å². The van der Waals surface area contributed by atoms with Gasteiger partial charge in [0.2, 0.25) is 0 Å². The van der Waals surface area contributed by atoms with Crippen molar-refractivity contribution in [3.63, 3.8) is 0 Å². The van der Waals surface area contributed by atoms with E-state index in [0.717, 1.165) is 32.5 Å². The van der Waals surface area contributed by atoms with Gasteiger partial charge < -0.3 is 67.1 Å². The number of aliphatic hydroxyl groups is 2. The van der Waals surface area contributed by atoms with Gasteiger partial charge in [0.1, 0.15) is 0 Å². The zero-order valence-electron chi connectivity index (χ0n) is 29.2. The van der Waals surface area contributed by atoms with E-state index < -0.39 is 0 Å². The molecule has 284 valence electrons. The number of hydrogen-bond acceptors (Lipinski definition) is 15. The molecular weight excluding hydrogens is 622 g/mol. The van der Waals surface area contributed by atoms with Crippen LogP contribution in [0, 0.1) is 0 Å². The van der Waals surface area contributed by atoms with Crippen molar-refractivity contribution in [2.75, 3.05) is 191 Å². The first-order chi connectivity index (χ1) is 23.3. The van der Waals surface area contributed by atoms with Gasteiger partial charge in [-0.15, -0.1) is 0 Å². The first kappa shape index (κ1) is 46.4. The summed E-state index contributed by atoms with van der Waals surface area (Å²) in [6, 6.07) is 0. The molecule has 15 heteroatoms. The second-order valence-electron chi connectivity index (χ2n) is 9.99. The fourth-order valence-corrected chi connectivity index (χ4v) is 3.64. The SMILES string of the molecule is CCCCN(CCOCCOCCOCCOCCOCCOCCO)CCOCCOCCOCCOCCOCCOCCO. The minimum Gasteiger partial charge on any atom is -0.394 e. The van der Waals surface area contributed by atoms with Gasteiger partial charge in [0.25, 0.3) is 0 Å². The number of rotatable bonds is 43. The molecule has 0 aliphatic heterocycles. The van der Waals surface area contributed by atoms with E-state index in [1.165, 1.54) is 0 Å². The summed E-state index contributed by atoms with van der Waals surface area (Å²) in [7, 11) is 0. The van der Waals surface area contributed by atoms with Crippen LogP contribution >= 0.6 is 0 Å². The molecule has 0 spiro atoms. The average Bonchev–Trinajstić information content (AvgIpc) is 3.08. The van der Waals surface area contributed by atoms with Crippen LogP contribution in [0.5, 0.6) is 0 Å². The summed E-state index contributed by atoms with van der Waals surface area (Å²) in [5.74, 6) is 0. The highest BCUT2D eigenvalue weighted by Crippen LogP contribution is 1.96. The van der Waals surface area contributed by atoms with Gasteiger partial charge in [-0.1, -0.05) is 13.3 Å². The summed E-state index contributed by atoms with van der Waals surface area (Å²) in [5, 5.41) is 17.2. The normalized spacial score (nSPS) is 11.7. The van der Waals surface area contributed by atoms with Crippen LogP contribution in [-0.2, 0) is 56.8 Å². The van der Waals surface area contributed by atoms with Crippen LogP contribution in [0.2, 0.25) is 0 Å². The van der Waals surface area contributed by atoms with Crippen molar-refractivity contribution >= 4 is 0 Å². The predicted octanol–water partition coefficient (Wildman–Crippen LogP) is 0.272. The number of aliphatic hydroxyl groups excluding tert-OH is 2. The first-order valence-electron chi connectivity index (χ1n) is 17.2. The molecule has 0 saturated heterocycles. The molecule has 0 heterocycles. The summed E-state index contributed by atoms with van der Waals surface area (Å²) in [6.45, 7) is 17.2. The standard InChI is InChI=1S/C32H67NO14/c1-2-3-4-33(5-9-36-13-17-40-21-25-44-29-31-46-27-23-42-19-15-38-11-7-34)6-10-37-14-18-41-22-26-45-30-32-47-28-24-43-20-16-39-12-8-35/h34-35H,2-32H2,1H3. The van der Waals surface area contributed by atoms with Crippen LogP contribution < -0.4 is 0 Å². The Morgan fingerprint density at radius 1 is 0.298 bits per heavy atom. The molecule has 0 radical (unpaired) electrons. The Hall–Kier alpha value is -0.600. The lowest BCUT2D eigenvalue weighted by Gasteiger charge is -2.22. The highest BCUT2D eigenvalue weighted by Gasteiger charge is 2.05. The molecule has 47 heavy (non-hydrogen) atoms. The minimum absolute atomic E-state index is 0.0260. The maximum Gasteiger partial charge on any atom is 0.0701 e. The van der Waals surface area contributed by atoms with Crippen LogP contribution in [0.3, 0.4) is 0 Å². The summed E-state index contributed by atoms with van der Waals surface area (Å²) in [4.78, 5) is 2.37. The molecule has 0 fully saturated rings. The van der Waals surface area contributed by atoms with Gasteiger partial charge in [0, 0.05) is 13.1 Å². The number of ether oxygens (including phenoxy) is 12. The highest BCUT2D eigenvalue weighted by molar-refractivity contribution is 4.57. The van der Waals surface area contributed by atoms with Crippen molar-refractivity contribution in [3.05, 3.63) is 0 Å². The van der Waals surface area contributed by atoms with Crippen molar-refractivity contribution in [3.8, 4) is 0 Å². The van der Waals surface area contributed by atoms with Gasteiger partial charge >= 0.3 is 0 Å². The van der Waals surface area contributed by atoms with Crippen molar-refractivity contribution in [1.29, 1.82) is 0 Å². The predicted molar refractivity (Wildman–Crippen MR) is 175 cm³/mol. The fourth-order valence-electron chi connectivity index (χ4n) is 3.64. The zero-order valence-corrected chi connectivity index (χ0v) is 29.2. The van der Waals surface area contributed by atoms with Crippen molar-refractivity contribution in [2.24, 2.45) is 0 Å². The molecule has 0 aromatic carbocycles. The smallest absolute Gasteiger partial charge is 0.0701 e. The third-order valence-electron chi connectivity index (χ3n) is 6.12. The molecule has 0 atom stereocenters. The average molecular weight is 690 g/mol. The molecule has 0 aromatic heterocycles. The molecule has 0 aliphatic rings.